The third kappa shape index (κ3) is 6.49. The fourth-order valence-electron chi connectivity index (χ4n) is 2.80. The summed E-state index contributed by atoms with van der Waals surface area (Å²) in [6.45, 7) is 2.47. The van der Waals surface area contributed by atoms with Crippen LogP contribution in [0.5, 0.6) is 11.5 Å². The molecule has 0 atom stereocenters. The van der Waals surface area contributed by atoms with Gasteiger partial charge >= 0.3 is 0 Å². The molecule has 1 amide bonds. The lowest BCUT2D eigenvalue weighted by Crippen LogP contribution is -2.19. The molecule has 0 aliphatic rings. The smallest absolute Gasteiger partial charge is 0.274 e. The number of hydrazone groups is 1. The van der Waals surface area contributed by atoms with Gasteiger partial charge in [-0.1, -0.05) is 12.1 Å². The molecule has 9 heteroatoms. The Labute approximate surface area is 203 Å². The molecule has 0 aliphatic carbocycles. The second kappa shape index (κ2) is 11.4. The Balaban J connectivity index is 1.72. The first-order valence-corrected chi connectivity index (χ1v) is 10.9. The number of nitrogens with zero attached hydrogens (tertiary/aromatic N) is 2. The summed E-state index contributed by atoms with van der Waals surface area (Å²) in [6.07, 6.45) is 1.40. The molecule has 0 heterocycles. The predicted molar refractivity (Wildman–Crippen MR) is 127 cm³/mol. The Morgan fingerprint density at radius 3 is 2.58 bits per heavy atom. The van der Waals surface area contributed by atoms with Gasteiger partial charge in [0, 0.05) is 0 Å². The molecule has 0 aromatic heterocycles. The van der Waals surface area contributed by atoms with E-state index in [4.69, 9.17) is 14.7 Å². The van der Waals surface area contributed by atoms with Crippen LogP contribution >= 0.6 is 22.6 Å². The molecule has 3 aromatic carbocycles. The van der Waals surface area contributed by atoms with Crippen molar-refractivity contribution in [3.8, 4) is 17.6 Å². The van der Waals surface area contributed by atoms with Crippen LogP contribution in [0.25, 0.3) is 0 Å². The van der Waals surface area contributed by atoms with Crippen LogP contribution < -0.4 is 14.9 Å². The number of carbonyl (C=O) groups is 1. The van der Waals surface area contributed by atoms with Gasteiger partial charge < -0.3 is 9.47 Å². The van der Waals surface area contributed by atoms with E-state index in [2.05, 4.69) is 33.1 Å². The summed E-state index contributed by atoms with van der Waals surface area (Å²) in [5, 5.41) is 12.7. The van der Waals surface area contributed by atoms with E-state index >= 15 is 0 Å². The third-order valence-electron chi connectivity index (χ3n) is 4.35. The van der Waals surface area contributed by atoms with Gasteiger partial charge in [0.25, 0.3) is 5.91 Å². The number of carbonyl (C=O) groups excluding carboxylic acids is 1. The second-order valence-electron chi connectivity index (χ2n) is 6.68. The molecule has 168 valence electrons. The Morgan fingerprint density at radius 2 is 1.91 bits per heavy atom. The molecule has 6 nitrogen and oxygen atoms in total. The van der Waals surface area contributed by atoms with Gasteiger partial charge in [0.2, 0.25) is 0 Å². The molecule has 0 radical (unpaired) electrons. The predicted octanol–water partition coefficient (Wildman–Crippen LogP) is 5.18. The monoisotopic (exact) mass is 561 g/mol. The van der Waals surface area contributed by atoms with E-state index in [1.165, 1.54) is 30.5 Å². The largest absolute Gasteiger partial charge is 0.490 e. The van der Waals surface area contributed by atoms with Gasteiger partial charge in [-0.05, 0) is 83.1 Å². The van der Waals surface area contributed by atoms with E-state index in [9.17, 15) is 13.6 Å². The standard InChI is InChI=1S/C24H18F2IN3O3/c1-2-32-22-11-17(10-21(27)23(22)33-14-15-3-6-18(25)7-4-15)13-29-30-24(31)19-8-5-16(12-28)9-20(19)26/h3-11,13H,2,14H2,1H3,(H,30,31)/b29-13-. The molecule has 0 spiro atoms. The Kier molecular flexibility index (Phi) is 8.32. The number of hydrogen-bond donors (Lipinski definition) is 1. The Morgan fingerprint density at radius 1 is 1.15 bits per heavy atom. The highest BCUT2D eigenvalue weighted by Crippen LogP contribution is 2.34. The van der Waals surface area contributed by atoms with E-state index in [-0.39, 0.29) is 23.6 Å². The molecule has 0 unspecified atom stereocenters. The maximum absolute atomic E-state index is 14.0. The molecule has 3 rings (SSSR count). The van der Waals surface area contributed by atoms with Crippen molar-refractivity contribution < 1.29 is 23.0 Å². The van der Waals surface area contributed by atoms with E-state index in [1.807, 2.05) is 6.92 Å². The van der Waals surface area contributed by atoms with Crippen molar-refractivity contribution in [2.75, 3.05) is 6.61 Å². The van der Waals surface area contributed by atoms with Crippen molar-refractivity contribution in [1.82, 2.24) is 5.43 Å². The average molecular weight is 561 g/mol. The fourth-order valence-corrected chi connectivity index (χ4v) is 3.58. The first-order chi connectivity index (χ1) is 15.9. The quantitative estimate of drug-likeness (QED) is 0.234. The van der Waals surface area contributed by atoms with E-state index in [0.717, 1.165) is 15.2 Å². The number of amides is 1. The lowest BCUT2D eigenvalue weighted by molar-refractivity contribution is 0.0951. The zero-order valence-corrected chi connectivity index (χ0v) is 19.6. The summed E-state index contributed by atoms with van der Waals surface area (Å²) in [6, 6.07) is 14.9. The van der Waals surface area contributed by atoms with E-state index in [1.54, 1.807) is 30.3 Å². The molecule has 0 saturated heterocycles. The van der Waals surface area contributed by atoms with Gasteiger partial charge in [0.05, 0.1) is 33.6 Å². The highest BCUT2D eigenvalue weighted by atomic mass is 127. The van der Waals surface area contributed by atoms with Gasteiger partial charge in [0.15, 0.2) is 11.5 Å². The number of benzene rings is 3. The SMILES string of the molecule is CCOc1cc(/C=N\NC(=O)c2ccc(C#N)cc2F)cc(I)c1OCc1ccc(F)cc1. The highest BCUT2D eigenvalue weighted by Gasteiger charge is 2.14. The maximum Gasteiger partial charge on any atom is 0.274 e. The topological polar surface area (TPSA) is 83.7 Å². The van der Waals surface area contributed by atoms with Crippen LogP contribution in [-0.4, -0.2) is 18.7 Å². The molecule has 1 N–H and O–H groups in total. The van der Waals surface area contributed by atoms with Gasteiger partial charge in [-0.2, -0.15) is 10.4 Å². The van der Waals surface area contributed by atoms with Crippen LogP contribution in [0.3, 0.4) is 0 Å². The third-order valence-corrected chi connectivity index (χ3v) is 5.15. The average Bonchev–Trinajstić information content (AvgIpc) is 2.79. The number of rotatable bonds is 8. The van der Waals surface area contributed by atoms with Gasteiger partial charge in [-0.15, -0.1) is 0 Å². The summed E-state index contributed by atoms with van der Waals surface area (Å²) in [5.41, 5.74) is 3.59. The van der Waals surface area contributed by atoms with Crippen LogP contribution in [-0.2, 0) is 6.61 Å². The first-order valence-electron chi connectivity index (χ1n) is 9.78. The molecule has 33 heavy (non-hydrogen) atoms. The molecule has 0 bridgehead atoms. The van der Waals surface area contributed by atoms with Crippen molar-refractivity contribution in [3.63, 3.8) is 0 Å². The molecule has 0 aliphatic heterocycles. The number of ether oxygens (including phenoxy) is 2. The van der Waals surface area contributed by atoms with Crippen molar-refractivity contribution in [3.05, 3.63) is 92.1 Å². The zero-order chi connectivity index (χ0) is 23.8. The minimum Gasteiger partial charge on any atom is -0.490 e. The van der Waals surface area contributed by atoms with Crippen LogP contribution in [0.1, 0.15) is 34.0 Å². The molecule has 0 saturated carbocycles. The molecule has 0 fully saturated rings. The van der Waals surface area contributed by atoms with Gasteiger partial charge in [-0.25, -0.2) is 14.2 Å². The minimum absolute atomic E-state index is 0.118. The molecular weight excluding hydrogens is 543 g/mol. The normalized spacial score (nSPS) is 10.6. The molecule has 3 aromatic rings. The van der Waals surface area contributed by atoms with Crippen LogP contribution in [0.15, 0.2) is 59.7 Å². The summed E-state index contributed by atoms with van der Waals surface area (Å²) < 4.78 is 39.4. The zero-order valence-electron chi connectivity index (χ0n) is 17.4. The van der Waals surface area contributed by atoms with E-state index in [0.29, 0.717) is 23.7 Å². The minimum atomic E-state index is -0.808. The summed E-state index contributed by atoms with van der Waals surface area (Å²) >= 11 is 2.09. The summed E-state index contributed by atoms with van der Waals surface area (Å²) in [4.78, 5) is 12.2. The van der Waals surface area contributed by atoms with Crippen molar-refractivity contribution in [1.29, 1.82) is 5.26 Å². The Hall–Kier alpha value is -3.52. The van der Waals surface area contributed by atoms with Crippen molar-refractivity contribution in [2.24, 2.45) is 5.10 Å². The fraction of sp³-hybridized carbons (Fsp3) is 0.125. The van der Waals surface area contributed by atoms with Gasteiger partial charge in [0.1, 0.15) is 18.2 Å². The Bertz CT molecular complexity index is 1220. The molecular formula is C24H18F2IN3O3. The van der Waals surface area contributed by atoms with Gasteiger partial charge in [-0.3, -0.25) is 4.79 Å². The number of nitriles is 1. The number of halogens is 3. The summed E-state index contributed by atoms with van der Waals surface area (Å²) in [7, 11) is 0. The number of nitrogens with one attached hydrogen (secondary N) is 1. The number of hydrogen-bond acceptors (Lipinski definition) is 5. The van der Waals surface area contributed by atoms with Crippen LogP contribution in [0.2, 0.25) is 0 Å². The maximum atomic E-state index is 14.0. The first kappa shape index (κ1) is 24.1. The van der Waals surface area contributed by atoms with Crippen LogP contribution in [0, 0.1) is 26.5 Å². The van der Waals surface area contributed by atoms with Crippen molar-refractivity contribution >= 4 is 34.7 Å². The summed E-state index contributed by atoms with van der Waals surface area (Å²) in [5.74, 6) is -0.856. The lowest BCUT2D eigenvalue weighted by Gasteiger charge is -2.14. The van der Waals surface area contributed by atoms with Crippen LogP contribution in [0.4, 0.5) is 8.78 Å². The highest BCUT2D eigenvalue weighted by molar-refractivity contribution is 14.1. The van der Waals surface area contributed by atoms with Crippen molar-refractivity contribution in [2.45, 2.75) is 13.5 Å². The second-order valence-corrected chi connectivity index (χ2v) is 7.85. The van der Waals surface area contributed by atoms with E-state index < -0.39 is 11.7 Å². The lowest BCUT2D eigenvalue weighted by atomic mass is 10.1.